The molecule has 1 aliphatic carbocycles. The molecule has 29 heavy (non-hydrogen) atoms. The summed E-state index contributed by atoms with van der Waals surface area (Å²) in [5, 5.41) is 5.07. The lowest BCUT2D eigenvalue weighted by atomic mass is 10.1. The summed E-state index contributed by atoms with van der Waals surface area (Å²) >= 11 is 0.893. The third kappa shape index (κ3) is 5.47. The highest BCUT2D eigenvalue weighted by molar-refractivity contribution is 8.18. The molecule has 1 atom stereocenters. The highest BCUT2D eigenvalue weighted by atomic mass is 32.2. The molecule has 8 heteroatoms. The van der Waals surface area contributed by atoms with E-state index in [1.165, 1.54) is 0 Å². The SMILES string of the molecule is C[C@H](NC(=O)C1CCCC1)C(=O)NCCN1C(=O)S/C(=C/c2ccccc2)C1=O. The number of hydrogen-bond acceptors (Lipinski definition) is 5. The first-order valence-electron chi connectivity index (χ1n) is 9.84. The van der Waals surface area contributed by atoms with Crippen LogP contribution in [0.1, 0.15) is 38.2 Å². The lowest BCUT2D eigenvalue weighted by Gasteiger charge is -2.18. The lowest BCUT2D eigenvalue weighted by Crippen LogP contribution is -2.48. The molecule has 7 nitrogen and oxygen atoms in total. The van der Waals surface area contributed by atoms with Crippen LogP contribution in [-0.4, -0.2) is 47.0 Å². The van der Waals surface area contributed by atoms with Crippen LogP contribution in [0.4, 0.5) is 4.79 Å². The Bertz CT molecular complexity index is 818. The number of benzene rings is 1. The van der Waals surface area contributed by atoms with Gasteiger partial charge in [0.1, 0.15) is 6.04 Å². The molecule has 0 radical (unpaired) electrons. The predicted octanol–water partition coefficient (Wildman–Crippen LogP) is 2.53. The van der Waals surface area contributed by atoms with Gasteiger partial charge in [0.05, 0.1) is 4.91 Å². The molecule has 3 rings (SSSR count). The van der Waals surface area contributed by atoms with E-state index in [2.05, 4.69) is 10.6 Å². The molecule has 4 amide bonds. The first kappa shape index (κ1) is 21.1. The molecule has 1 aliphatic heterocycles. The zero-order chi connectivity index (χ0) is 20.8. The maximum absolute atomic E-state index is 12.5. The molecule has 1 heterocycles. The van der Waals surface area contributed by atoms with E-state index in [1.54, 1.807) is 13.0 Å². The van der Waals surface area contributed by atoms with Gasteiger partial charge in [-0.1, -0.05) is 43.2 Å². The van der Waals surface area contributed by atoms with Crippen molar-refractivity contribution in [1.82, 2.24) is 15.5 Å². The molecular weight excluding hydrogens is 390 g/mol. The van der Waals surface area contributed by atoms with Gasteiger partial charge < -0.3 is 10.6 Å². The number of carbonyl (C=O) groups is 4. The van der Waals surface area contributed by atoms with Gasteiger partial charge in [0.2, 0.25) is 11.8 Å². The standard InChI is InChI=1S/C21H25N3O4S/c1-14(23-19(26)16-9-5-6-10-16)18(25)22-11-12-24-20(27)17(29-21(24)28)13-15-7-3-2-4-8-15/h2-4,7-8,13-14,16H,5-6,9-12H2,1H3,(H,22,25)(H,23,26)/b17-13+/t14-/m0/s1. The fraction of sp³-hybridized carbons (Fsp3) is 0.429. The van der Waals surface area contributed by atoms with Gasteiger partial charge >= 0.3 is 0 Å². The van der Waals surface area contributed by atoms with Crippen molar-refractivity contribution in [1.29, 1.82) is 0 Å². The Balaban J connectivity index is 1.46. The third-order valence-electron chi connectivity index (χ3n) is 5.08. The first-order chi connectivity index (χ1) is 14.0. The number of rotatable bonds is 7. The molecule has 0 spiro atoms. The number of hydrogen-bond donors (Lipinski definition) is 2. The van der Waals surface area contributed by atoms with Gasteiger partial charge in [0.25, 0.3) is 11.1 Å². The fourth-order valence-corrected chi connectivity index (χ4v) is 4.29. The van der Waals surface area contributed by atoms with Crippen LogP contribution in [-0.2, 0) is 14.4 Å². The summed E-state index contributed by atoms with van der Waals surface area (Å²) in [4.78, 5) is 50.4. The van der Waals surface area contributed by atoms with Crippen LogP contribution in [0, 0.1) is 5.92 Å². The fourth-order valence-electron chi connectivity index (χ4n) is 3.42. The normalized spacial score (nSPS) is 19.6. The van der Waals surface area contributed by atoms with Crippen LogP contribution < -0.4 is 10.6 Å². The zero-order valence-electron chi connectivity index (χ0n) is 16.3. The Morgan fingerprint density at radius 3 is 2.59 bits per heavy atom. The number of thioether (sulfide) groups is 1. The van der Waals surface area contributed by atoms with Crippen LogP contribution in [0.25, 0.3) is 6.08 Å². The summed E-state index contributed by atoms with van der Waals surface area (Å²) < 4.78 is 0. The van der Waals surface area contributed by atoms with Crippen molar-refractivity contribution in [2.75, 3.05) is 13.1 Å². The van der Waals surface area contributed by atoms with Crippen LogP contribution in [0.5, 0.6) is 0 Å². The van der Waals surface area contributed by atoms with E-state index >= 15 is 0 Å². The van der Waals surface area contributed by atoms with Gasteiger partial charge in [-0.3, -0.25) is 24.1 Å². The predicted molar refractivity (Wildman–Crippen MR) is 112 cm³/mol. The van der Waals surface area contributed by atoms with Crippen molar-refractivity contribution in [2.45, 2.75) is 38.6 Å². The second-order valence-corrected chi connectivity index (χ2v) is 8.24. The number of nitrogens with zero attached hydrogens (tertiary/aromatic N) is 1. The van der Waals surface area contributed by atoms with Crippen LogP contribution >= 0.6 is 11.8 Å². The largest absolute Gasteiger partial charge is 0.353 e. The number of nitrogens with one attached hydrogen (secondary N) is 2. The maximum Gasteiger partial charge on any atom is 0.293 e. The molecule has 154 valence electrons. The summed E-state index contributed by atoms with van der Waals surface area (Å²) in [7, 11) is 0. The minimum atomic E-state index is -0.656. The molecule has 1 aromatic carbocycles. The molecule has 0 bridgehead atoms. The van der Waals surface area contributed by atoms with Crippen LogP contribution in [0.3, 0.4) is 0 Å². The van der Waals surface area contributed by atoms with E-state index in [1.807, 2.05) is 30.3 Å². The summed E-state index contributed by atoms with van der Waals surface area (Å²) in [6.07, 6.45) is 5.53. The van der Waals surface area contributed by atoms with Crippen molar-refractivity contribution in [3.63, 3.8) is 0 Å². The average Bonchev–Trinajstić information content (AvgIpc) is 3.33. The van der Waals surface area contributed by atoms with Gasteiger partial charge in [0.15, 0.2) is 0 Å². The molecule has 2 aliphatic rings. The lowest BCUT2D eigenvalue weighted by molar-refractivity contribution is -0.130. The van der Waals surface area contributed by atoms with E-state index in [9.17, 15) is 19.2 Å². The van der Waals surface area contributed by atoms with Crippen molar-refractivity contribution in [2.24, 2.45) is 5.92 Å². The highest BCUT2D eigenvalue weighted by Gasteiger charge is 2.34. The van der Waals surface area contributed by atoms with Crippen LogP contribution in [0.2, 0.25) is 0 Å². The number of carbonyl (C=O) groups excluding carboxylic acids is 4. The Morgan fingerprint density at radius 2 is 1.90 bits per heavy atom. The quantitative estimate of drug-likeness (QED) is 0.667. The second kappa shape index (κ2) is 9.73. The second-order valence-electron chi connectivity index (χ2n) is 7.25. The van der Waals surface area contributed by atoms with Gasteiger partial charge in [-0.2, -0.15) is 0 Å². The topological polar surface area (TPSA) is 95.6 Å². The van der Waals surface area contributed by atoms with Gasteiger partial charge in [-0.25, -0.2) is 0 Å². The summed E-state index contributed by atoms with van der Waals surface area (Å²) in [6, 6.07) is 8.65. The van der Waals surface area contributed by atoms with Crippen molar-refractivity contribution in [3.8, 4) is 0 Å². The van der Waals surface area contributed by atoms with E-state index in [-0.39, 0.29) is 42.0 Å². The summed E-state index contributed by atoms with van der Waals surface area (Å²) in [6.45, 7) is 1.86. The smallest absolute Gasteiger partial charge is 0.293 e. The zero-order valence-corrected chi connectivity index (χ0v) is 17.2. The summed E-state index contributed by atoms with van der Waals surface area (Å²) in [5.74, 6) is -0.775. The Morgan fingerprint density at radius 1 is 1.21 bits per heavy atom. The number of amides is 4. The summed E-state index contributed by atoms with van der Waals surface area (Å²) in [5.41, 5.74) is 0.845. The van der Waals surface area contributed by atoms with Crippen molar-refractivity contribution < 1.29 is 19.2 Å². The van der Waals surface area contributed by atoms with Crippen LogP contribution in [0.15, 0.2) is 35.2 Å². The first-order valence-corrected chi connectivity index (χ1v) is 10.7. The van der Waals surface area contributed by atoms with E-state index in [0.717, 1.165) is 47.9 Å². The van der Waals surface area contributed by atoms with Gasteiger partial charge in [-0.05, 0) is 43.2 Å². The minimum Gasteiger partial charge on any atom is -0.353 e. The molecular formula is C21H25N3O4S. The Labute approximate surface area is 174 Å². The van der Waals surface area contributed by atoms with Gasteiger partial charge in [-0.15, -0.1) is 0 Å². The van der Waals surface area contributed by atoms with E-state index in [0.29, 0.717) is 4.91 Å². The molecule has 2 N–H and O–H groups in total. The minimum absolute atomic E-state index is 0.00283. The highest BCUT2D eigenvalue weighted by Crippen LogP contribution is 2.31. The van der Waals surface area contributed by atoms with Gasteiger partial charge in [0, 0.05) is 19.0 Å². The molecule has 1 saturated carbocycles. The molecule has 0 unspecified atom stereocenters. The average molecular weight is 416 g/mol. The molecule has 2 fully saturated rings. The van der Waals surface area contributed by atoms with Crippen molar-refractivity contribution >= 4 is 40.8 Å². The van der Waals surface area contributed by atoms with E-state index in [4.69, 9.17) is 0 Å². The molecule has 0 aromatic heterocycles. The molecule has 1 saturated heterocycles. The molecule has 1 aromatic rings. The van der Waals surface area contributed by atoms with E-state index < -0.39 is 6.04 Å². The maximum atomic E-state index is 12.5. The van der Waals surface area contributed by atoms with Crippen molar-refractivity contribution in [3.05, 3.63) is 40.8 Å². The number of imide groups is 1. The monoisotopic (exact) mass is 415 g/mol. The third-order valence-corrected chi connectivity index (χ3v) is 5.99. The Hall–Kier alpha value is -2.61. The Kier molecular flexibility index (Phi) is 7.09.